The molecule has 15 heteroatoms. The maximum Gasteiger partial charge on any atom is 0.339 e. The number of hydrogen-bond acceptors (Lipinski definition) is 10. The van der Waals surface area contributed by atoms with Gasteiger partial charge in [0.1, 0.15) is 22.6 Å². The highest BCUT2D eigenvalue weighted by Crippen LogP contribution is 2.36. The summed E-state index contributed by atoms with van der Waals surface area (Å²) < 4.78 is 27.2. The van der Waals surface area contributed by atoms with E-state index < -0.39 is 77.8 Å². The fraction of sp³-hybridized carbons (Fsp3) is 0. The van der Waals surface area contributed by atoms with Gasteiger partial charge >= 0.3 is 11.9 Å². The summed E-state index contributed by atoms with van der Waals surface area (Å²) in [5.74, 6) is -7.83. The number of carbonyl (C=O) groups excluding carboxylic acids is 4. The van der Waals surface area contributed by atoms with Crippen molar-refractivity contribution in [2.75, 3.05) is 9.80 Å². The fourth-order valence-corrected chi connectivity index (χ4v) is 6.36. The first-order valence-corrected chi connectivity index (χ1v) is 14.1. The Morgan fingerprint density at radius 3 is 1.22 bits per heavy atom. The Labute approximate surface area is 251 Å². The number of phenols is 2. The first-order valence-electron chi connectivity index (χ1n) is 12.7. The minimum Gasteiger partial charge on any atom is -0.507 e. The second-order valence-corrected chi connectivity index (χ2v) is 11.8. The molecule has 45 heavy (non-hydrogen) atoms. The Hall–Kier alpha value is -6.35. The van der Waals surface area contributed by atoms with Crippen LogP contribution in [0.2, 0.25) is 0 Å². The maximum atomic E-state index is 13.6. The lowest BCUT2D eigenvalue weighted by molar-refractivity contribution is 0.0682. The molecule has 4 N–H and O–H groups in total. The third-order valence-corrected chi connectivity index (χ3v) is 9.02. The van der Waals surface area contributed by atoms with Crippen LogP contribution >= 0.6 is 0 Å². The highest BCUT2D eigenvalue weighted by Gasteiger charge is 2.40. The first kappa shape index (κ1) is 28.8. The highest BCUT2D eigenvalue weighted by molar-refractivity contribution is 7.91. The van der Waals surface area contributed by atoms with E-state index in [2.05, 4.69) is 0 Å². The molecule has 14 nitrogen and oxygen atoms in total. The minimum atomic E-state index is -4.46. The number of amides is 4. The Morgan fingerprint density at radius 2 is 0.867 bits per heavy atom. The molecule has 0 fully saturated rings. The van der Waals surface area contributed by atoms with E-state index in [1.165, 1.54) is 0 Å². The van der Waals surface area contributed by atoms with Crippen LogP contribution in [-0.2, 0) is 9.84 Å². The van der Waals surface area contributed by atoms with Crippen LogP contribution in [0.4, 0.5) is 11.4 Å². The van der Waals surface area contributed by atoms with Gasteiger partial charge in [0, 0.05) is 0 Å². The quantitative estimate of drug-likeness (QED) is 0.226. The number of hydrogen-bond donors (Lipinski definition) is 4. The molecule has 0 unspecified atom stereocenters. The molecule has 0 atom stereocenters. The predicted molar refractivity (Wildman–Crippen MR) is 151 cm³/mol. The number of benzene rings is 4. The largest absolute Gasteiger partial charge is 0.507 e. The van der Waals surface area contributed by atoms with E-state index in [-0.39, 0.29) is 33.6 Å². The molecule has 0 spiro atoms. The molecule has 2 aliphatic rings. The van der Waals surface area contributed by atoms with Gasteiger partial charge in [0.25, 0.3) is 23.6 Å². The number of sulfone groups is 1. The van der Waals surface area contributed by atoms with Crippen molar-refractivity contribution >= 4 is 56.8 Å². The molecule has 0 aliphatic carbocycles. The zero-order valence-electron chi connectivity index (χ0n) is 22.3. The summed E-state index contributed by atoms with van der Waals surface area (Å²) in [4.78, 5) is 75.8. The number of carbonyl (C=O) groups is 6. The van der Waals surface area contributed by atoms with E-state index in [4.69, 9.17) is 0 Å². The third kappa shape index (κ3) is 4.29. The van der Waals surface area contributed by atoms with Gasteiger partial charge in [-0.3, -0.25) is 19.2 Å². The summed E-state index contributed by atoms with van der Waals surface area (Å²) in [6.45, 7) is 0. The summed E-state index contributed by atoms with van der Waals surface area (Å²) in [6.07, 6.45) is 0. The summed E-state index contributed by atoms with van der Waals surface area (Å²) in [6, 6.07) is 12.4. The molecule has 0 aromatic heterocycles. The standard InChI is InChI=1S/C30H16N2O12S/c33-23-7-1-13(9-21(23)29(39)40)31-25(35)17-5-3-15(11-19(17)27(31)37)45(43,44)16-4-6-18-20(12-16)28(38)32(26(18)36)14-2-8-24(34)22(10-14)30(41)42/h1-12,33-34H,(H,39,40)(H,41,42). The summed E-state index contributed by atoms with van der Waals surface area (Å²) >= 11 is 0. The third-order valence-electron chi connectivity index (χ3n) is 7.27. The van der Waals surface area contributed by atoms with E-state index in [0.29, 0.717) is 9.80 Å². The first-order chi connectivity index (χ1) is 21.2. The lowest BCUT2D eigenvalue weighted by Gasteiger charge is -2.14. The average molecular weight is 629 g/mol. The number of rotatable bonds is 6. The molecule has 0 radical (unpaired) electrons. The molecular weight excluding hydrogens is 612 g/mol. The molecule has 0 saturated carbocycles. The number of nitrogens with zero attached hydrogens (tertiary/aromatic N) is 2. The molecule has 2 heterocycles. The van der Waals surface area contributed by atoms with Crippen LogP contribution in [0.1, 0.15) is 62.1 Å². The van der Waals surface area contributed by atoms with Crippen LogP contribution in [0.15, 0.2) is 82.6 Å². The molecule has 4 aromatic rings. The second kappa shape index (κ2) is 9.85. The van der Waals surface area contributed by atoms with Gasteiger partial charge in [-0.05, 0) is 72.8 Å². The topological polar surface area (TPSA) is 224 Å². The highest BCUT2D eigenvalue weighted by atomic mass is 32.2. The summed E-state index contributed by atoms with van der Waals surface area (Å²) in [7, 11) is -4.46. The van der Waals surface area contributed by atoms with Gasteiger partial charge in [0.2, 0.25) is 9.84 Å². The van der Waals surface area contributed by atoms with Crippen LogP contribution in [-0.4, -0.2) is 64.4 Å². The van der Waals surface area contributed by atoms with Crippen molar-refractivity contribution in [2.24, 2.45) is 0 Å². The van der Waals surface area contributed by atoms with Gasteiger partial charge in [0.05, 0.1) is 43.4 Å². The average Bonchev–Trinajstić information content (AvgIpc) is 3.40. The van der Waals surface area contributed by atoms with E-state index in [9.17, 15) is 57.6 Å². The molecule has 4 amide bonds. The number of aromatic hydroxyl groups is 2. The van der Waals surface area contributed by atoms with Gasteiger partial charge in [-0.15, -0.1) is 0 Å². The van der Waals surface area contributed by atoms with Crippen molar-refractivity contribution in [3.63, 3.8) is 0 Å². The van der Waals surface area contributed by atoms with Crippen LogP contribution in [0.3, 0.4) is 0 Å². The van der Waals surface area contributed by atoms with Crippen LogP contribution in [0.25, 0.3) is 0 Å². The number of carboxylic acid groups (broad SMARTS) is 2. The van der Waals surface area contributed by atoms with E-state index >= 15 is 0 Å². The number of imide groups is 2. The Morgan fingerprint density at radius 1 is 0.511 bits per heavy atom. The van der Waals surface area contributed by atoms with Gasteiger partial charge in [-0.2, -0.15) is 0 Å². The number of fused-ring (bicyclic) bond motifs is 2. The van der Waals surface area contributed by atoms with Gasteiger partial charge in [0.15, 0.2) is 0 Å². The smallest absolute Gasteiger partial charge is 0.339 e. The van der Waals surface area contributed by atoms with Crippen LogP contribution in [0, 0.1) is 0 Å². The normalized spacial score (nSPS) is 14.1. The van der Waals surface area contributed by atoms with Gasteiger partial charge in [-0.25, -0.2) is 27.8 Å². The molecule has 224 valence electrons. The SMILES string of the molecule is O=C(O)c1cc(N2C(=O)c3ccc(S(=O)(=O)c4ccc5c(c4)C(=O)N(c4ccc(O)c(C(=O)O)c4)C5=O)cc3C2=O)ccc1O. The Balaban J connectivity index is 1.35. The fourth-order valence-electron chi connectivity index (χ4n) is 5.05. The molecule has 4 aromatic carbocycles. The Kier molecular flexibility index (Phi) is 6.29. The lowest BCUT2D eigenvalue weighted by Crippen LogP contribution is -2.29. The zero-order valence-corrected chi connectivity index (χ0v) is 23.1. The number of carboxylic acids is 2. The number of anilines is 2. The van der Waals surface area contributed by atoms with Crippen molar-refractivity contribution in [1.82, 2.24) is 0 Å². The summed E-state index contributed by atoms with van der Waals surface area (Å²) in [5, 5.41) is 38.1. The van der Waals surface area contributed by atoms with E-state index in [1.807, 2.05) is 0 Å². The van der Waals surface area contributed by atoms with Crippen LogP contribution < -0.4 is 9.80 Å². The van der Waals surface area contributed by atoms with E-state index in [0.717, 1.165) is 72.8 Å². The molecule has 6 rings (SSSR count). The molecule has 2 aliphatic heterocycles. The lowest BCUT2D eigenvalue weighted by atomic mass is 10.1. The Bertz CT molecular complexity index is 2060. The van der Waals surface area contributed by atoms with E-state index in [1.54, 1.807) is 0 Å². The maximum absolute atomic E-state index is 13.6. The van der Waals surface area contributed by atoms with Crippen molar-refractivity contribution in [1.29, 1.82) is 0 Å². The monoisotopic (exact) mass is 628 g/mol. The second-order valence-electron chi connectivity index (χ2n) is 9.82. The van der Waals surface area contributed by atoms with Crippen molar-refractivity contribution in [2.45, 2.75) is 9.79 Å². The van der Waals surface area contributed by atoms with Crippen molar-refractivity contribution in [3.05, 3.63) is 106 Å². The van der Waals surface area contributed by atoms with Gasteiger partial charge in [-0.1, -0.05) is 0 Å². The zero-order chi connectivity index (χ0) is 32.5. The number of aromatic carboxylic acids is 2. The predicted octanol–water partition coefficient (Wildman–Crippen LogP) is 2.93. The molecule has 0 saturated heterocycles. The molecule has 0 bridgehead atoms. The van der Waals surface area contributed by atoms with Gasteiger partial charge < -0.3 is 20.4 Å². The molecular formula is C30H16N2O12S. The van der Waals surface area contributed by atoms with Crippen LogP contribution in [0.5, 0.6) is 11.5 Å². The van der Waals surface area contributed by atoms with Crippen molar-refractivity contribution < 1.29 is 57.6 Å². The summed E-state index contributed by atoms with van der Waals surface area (Å²) in [5.41, 5.74) is -2.40. The van der Waals surface area contributed by atoms with Crippen molar-refractivity contribution in [3.8, 4) is 11.5 Å². The minimum absolute atomic E-state index is 0.163.